The predicted molar refractivity (Wildman–Crippen MR) is 106 cm³/mol. The van der Waals surface area contributed by atoms with Crippen molar-refractivity contribution >= 4 is 34.8 Å². The second-order valence-corrected chi connectivity index (χ2v) is 7.38. The first-order valence-electron chi connectivity index (χ1n) is 8.67. The molecule has 2 atom stereocenters. The lowest BCUT2D eigenvalue weighted by atomic mass is 10.0. The Morgan fingerprint density at radius 1 is 1.14 bits per heavy atom. The number of carbonyl (C=O) groups excluding carboxylic acids is 3. The van der Waals surface area contributed by atoms with Crippen LogP contribution in [-0.2, 0) is 14.3 Å². The molecule has 0 aliphatic heterocycles. The molecule has 0 aliphatic rings. The molecule has 0 aliphatic carbocycles. The van der Waals surface area contributed by atoms with Crippen molar-refractivity contribution in [3.05, 3.63) is 52.2 Å². The van der Waals surface area contributed by atoms with Crippen LogP contribution in [0.3, 0.4) is 0 Å². The standard InChI is InChI=1S/C20H21N3O4S/c1-12(2)17(23-19(25)16-8-5-9-28-16)20(26)27-13(3)18(24)22-15-7-4-6-14(10-15)11-21/h4-10,12-13,17H,1-3H3,(H,22,24)(H,23,25)/t13-,17+/m0/s1. The minimum Gasteiger partial charge on any atom is -0.451 e. The molecule has 1 aromatic heterocycles. The molecule has 2 N–H and O–H groups in total. The molecule has 0 unspecified atom stereocenters. The van der Waals surface area contributed by atoms with E-state index in [4.69, 9.17) is 10.00 Å². The van der Waals surface area contributed by atoms with E-state index in [0.29, 0.717) is 16.1 Å². The molecule has 0 bridgehead atoms. The molecular formula is C20H21N3O4S. The first kappa shape index (κ1) is 21.1. The number of hydrogen-bond donors (Lipinski definition) is 2. The van der Waals surface area contributed by atoms with Crippen LogP contribution in [0.25, 0.3) is 0 Å². The number of benzene rings is 1. The molecule has 0 saturated carbocycles. The van der Waals surface area contributed by atoms with Gasteiger partial charge in [0.2, 0.25) is 0 Å². The second-order valence-electron chi connectivity index (χ2n) is 6.43. The fraction of sp³-hybridized carbons (Fsp3) is 0.300. The van der Waals surface area contributed by atoms with Gasteiger partial charge in [-0.3, -0.25) is 9.59 Å². The second kappa shape index (κ2) is 9.67. The van der Waals surface area contributed by atoms with Gasteiger partial charge in [-0.05, 0) is 42.5 Å². The Morgan fingerprint density at radius 3 is 2.50 bits per heavy atom. The quantitative estimate of drug-likeness (QED) is 0.696. The van der Waals surface area contributed by atoms with Crippen molar-refractivity contribution in [3.63, 3.8) is 0 Å². The van der Waals surface area contributed by atoms with Crippen LogP contribution in [0.2, 0.25) is 0 Å². The lowest BCUT2D eigenvalue weighted by Crippen LogP contribution is -2.47. The van der Waals surface area contributed by atoms with Crippen LogP contribution in [0, 0.1) is 17.2 Å². The zero-order valence-corrected chi connectivity index (χ0v) is 16.6. The van der Waals surface area contributed by atoms with Crippen LogP contribution >= 0.6 is 11.3 Å². The van der Waals surface area contributed by atoms with Gasteiger partial charge in [0.25, 0.3) is 11.8 Å². The number of nitrogens with zero attached hydrogens (tertiary/aromatic N) is 1. The minimum absolute atomic E-state index is 0.223. The Kier molecular flexibility index (Phi) is 7.29. The summed E-state index contributed by atoms with van der Waals surface area (Å²) in [6, 6.07) is 10.9. The molecule has 0 spiro atoms. The van der Waals surface area contributed by atoms with Crippen molar-refractivity contribution in [2.75, 3.05) is 5.32 Å². The minimum atomic E-state index is -1.07. The summed E-state index contributed by atoms with van der Waals surface area (Å²) in [5, 5.41) is 15.9. The number of amides is 2. The van der Waals surface area contributed by atoms with Crippen LogP contribution in [0.15, 0.2) is 41.8 Å². The lowest BCUT2D eigenvalue weighted by Gasteiger charge is -2.22. The molecule has 28 heavy (non-hydrogen) atoms. The van der Waals surface area contributed by atoms with Crippen molar-refractivity contribution in [2.24, 2.45) is 5.92 Å². The van der Waals surface area contributed by atoms with Crippen LogP contribution in [-0.4, -0.2) is 29.9 Å². The van der Waals surface area contributed by atoms with Crippen LogP contribution in [0.4, 0.5) is 5.69 Å². The van der Waals surface area contributed by atoms with Crippen molar-refractivity contribution in [1.82, 2.24) is 5.32 Å². The fourth-order valence-electron chi connectivity index (χ4n) is 2.33. The average Bonchev–Trinajstić information content (AvgIpc) is 3.20. The van der Waals surface area contributed by atoms with E-state index in [1.165, 1.54) is 24.3 Å². The van der Waals surface area contributed by atoms with Gasteiger partial charge in [0, 0.05) is 5.69 Å². The molecular weight excluding hydrogens is 378 g/mol. The summed E-state index contributed by atoms with van der Waals surface area (Å²) in [6.07, 6.45) is -1.07. The molecule has 2 amide bonds. The van der Waals surface area contributed by atoms with Crippen LogP contribution < -0.4 is 10.6 Å². The van der Waals surface area contributed by atoms with E-state index in [1.807, 2.05) is 6.07 Å². The Morgan fingerprint density at radius 2 is 1.89 bits per heavy atom. The van der Waals surface area contributed by atoms with Gasteiger partial charge in [0.05, 0.1) is 16.5 Å². The zero-order chi connectivity index (χ0) is 20.7. The van der Waals surface area contributed by atoms with E-state index in [9.17, 15) is 14.4 Å². The Hall–Kier alpha value is -3.18. The number of thiophene rings is 1. The molecule has 0 fully saturated rings. The van der Waals surface area contributed by atoms with Crippen LogP contribution in [0.1, 0.15) is 36.0 Å². The predicted octanol–water partition coefficient (Wildman–Crippen LogP) is 2.94. The summed E-state index contributed by atoms with van der Waals surface area (Å²) in [5.74, 6) is -1.81. The Balaban J connectivity index is 1.98. The molecule has 146 valence electrons. The Bertz CT molecular complexity index is 887. The van der Waals surface area contributed by atoms with E-state index in [2.05, 4.69) is 10.6 Å². The molecule has 0 saturated heterocycles. The maximum absolute atomic E-state index is 12.5. The largest absolute Gasteiger partial charge is 0.451 e. The van der Waals surface area contributed by atoms with Crippen LogP contribution in [0.5, 0.6) is 0 Å². The molecule has 1 aromatic carbocycles. The summed E-state index contributed by atoms with van der Waals surface area (Å²) in [4.78, 5) is 37.5. The monoisotopic (exact) mass is 399 g/mol. The number of nitriles is 1. The van der Waals surface area contributed by atoms with E-state index in [0.717, 1.165) is 0 Å². The van der Waals surface area contributed by atoms with Gasteiger partial charge >= 0.3 is 5.97 Å². The topological polar surface area (TPSA) is 108 Å². The SMILES string of the molecule is CC(C)[C@@H](NC(=O)c1cccs1)C(=O)O[C@@H](C)C(=O)Nc1cccc(C#N)c1. The first-order valence-corrected chi connectivity index (χ1v) is 9.55. The summed E-state index contributed by atoms with van der Waals surface area (Å²) in [6.45, 7) is 5.00. The third-order valence-corrected chi connectivity index (χ3v) is 4.74. The highest BCUT2D eigenvalue weighted by molar-refractivity contribution is 7.12. The molecule has 0 radical (unpaired) electrons. The number of hydrogen-bond acceptors (Lipinski definition) is 6. The lowest BCUT2D eigenvalue weighted by molar-refractivity contribution is -0.156. The molecule has 7 nitrogen and oxygen atoms in total. The highest BCUT2D eigenvalue weighted by Crippen LogP contribution is 2.13. The number of ether oxygens (including phenoxy) is 1. The summed E-state index contributed by atoms with van der Waals surface area (Å²) >= 11 is 1.27. The molecule has 2 aromatic rings. The van der Waals surface area contributed by atoms with E-state index in [-0.39, 0.29) is 11.8 Å². The summed E-state index contributed by atoms with van der Waals surface area (Å²) in [7, 11) is 0. The van der Waals surface area contributed by atoms with Crippen molar-refractivity contribution in [2.45, 2.75) is 32.9 Å². The maximum atomic E-state index is 12.5. The van der Waals surface area contributed by atoms with E-state index >= 15 is 0 Å². The van der Waals surface area contributed by atoms with Gasteiger partial charge in [-0.2, -0.15) is 5.26 Å². The number of rotatable bonds is 7. The summed E-state index contributed by atoms with van der Waals surface area (Å²) in [5.41, 5.74) is 0.831. The molecule has 1 heterocycles. The zero-order valence-electron chi connectivity index (χ0n) is 15.8. The smallest absolute Gasteiger partial charge is 0.329 e. The van der Waals surface area contributed by atoms with Gasteiger partial charge in [-0.1, -0.05) is 26.0 Å². The third kappa shape index (κ3) is 5.66. The summed E-state index contributed by atoms with van der Waals surface area (Å²) < 4.78 is 5.26. The number of nitrogens with one attached hydrogen (secondary N) is 2. The Labute approximate surface area is 167 Å². The van der Waals surface area contributed by atoms with Crippen molar-refractivity contribution in [3.8, 4) is 6.07 Å². The van der Waals surface area contributed by atoms with Gasteiger partial charge in [0.1, 0.15) is 6.04 Å². The number of anilines is 1. The average molecular weight is 399 g/mol. The first-order chi connectivity index (χ1) is 13.3. The number of carbonyl (C=O) groups is 3. The van der Waals surface area contributed by atoms with E-state index in [1.54, 1.807) is 49.6 Å². The fourth-order valence-corrected chi connectivity index (χ4v) is 2.96. The molecule has 2 rings (SSSR count). The highest BCUT2D eigenvalue weighted by atomic mass is 32.1. The van der Waals surface area contributed by atoms with Gasteiger partial charge < -0.3 is 15.4 Å². The van der Waals surface area contributed by atoms with Gasteiger partial charge in [0.15, 0.2) is 6.10 Å². The molecule has 8 heteroatoms. The van der Waals surface area contributed by atoms with Gasteiger partial charge in [-0.15, -0.1) is 11.3 Å². The van der Waals surface area contributed by atoms with Crippen molar-refractivity contribution < 1.29 is 19.1 Å². The van der Waals surface area contributed by atoms with E-state index < -0.39 is 24.0 Å². The normalized spacial score (nSPS) is 12.5. The van der Waals surface area contributed by atoms with Crippen molar-refractivity contribution in [1.29, 1.82) is 5.26 Å². The van der Waals surface area contributed by atoms with Gasteiger partial charge in [-0.25, -0.2) is 4.79 Å². The maximum Gasteiger partial charge on any atom is 0.329 e. The highest BCUT2D eigenvalue weighted by Gasteiger charge is 2.29. The number of esters is 1. The third-order valence-electron chi connectivity index (χ3n) is 3.87.